The molecule has 0 spiro atoms. The highest BCUT2D eigenvalue weighted by Gasteiger charge is 2.40. The molecular formula is C16H41N11O. The molecule has 0 aliphatic heterocycles. The summed E-state index contributed by atoms with van der Waals surface area (Å²) in [6.07, 6.45) is 3.56. The van der Waals surface area contributed by atoms with Crippen LogP contribution < -0.4 is 34.4 Å². The van der Waals surface area contributed by atoms with Gasteiger partial charge in [-0.2, -0.15) is 0 Å². The predicted octanol–water partition coefficient (Wildman–Crippen LogP) is 0.183. The highest BCUT2D eigenvalue weighted by molar-refractivity contribution is 5.85. The summed E-state index contributed by atoms with van der Waals surface area (Å²) in [5.41, 5.74) is 29.7. The van der Waals surface area contributed by atoms with Gasteiger partial charge in [-0.25, -0.2) is 0 Å². The number of hydrogen-bond donors (Lipinski definition) is 11. The van der Waals surface area contributed by atoms with Gasteiger partial charge in [0.25, 0.3) is 6.02 Å². The molecule has 28 heavy (non-hydrogen) atoms. The van der Waals surface area contributed by atoms with Gasteiger partial charge in [-0.3, -0.25) is 27.0 Å². The first-order valence-electron chi connectivity index (χ1n) is 8.58. The van der Waals surface area contributed by atoms with Gasteiger partial charge in [0.2, 0.25) is 0 Å². The molecule has 0 aromatic rings. The number of methoxy groups -OCH3 is 1. The van der Waals surface area contributed by atoms with Crippen molar-refractivity contribution < 1.29 is 4.74 Å². The molecule has 0 bridgehead atoms. The highest BCUT2D eigenvalue weighted by Crippen LogP contribution is 2.44. The number of hydrogen-bond acceptors (Lipinski definition) is 7. The van der Waals surface area contributed by atoms with Crippen LogP contribution >= 0.6 is 0 Å². The van der Waals surface area contributed by atoms with Crippen LogP contribution in [0.3, 0.4) is 0 Å². The summed E-state index contributed by atoms with van der Waals surface area (Å²) in [5.74, 6) is 0.900. The second-order valence-corrected chi connectivity index (χ2v) is 6.04. The maximum atomic E-state index is 6.99. The Labute approximate surface area is 168 Å². The van der Waals surface area contributed by atoms with E-state index in [2.05, 4.69) is 10.5 Å². The Morgan fingerprint density at radius 3 is 1.11 bits per heavy atom. The molecule has 0 aromatic heterocycles. The maximum absolute atomic E-state index is 6.99. The van der Waals surface area contributed by atoms with E-state index in [1.165, 1.54) is 7.11 Å². The standard InChI is InChI=1S/C5H10N2.C3H9N3.2C3H8N2.C2H6N2O/c1-5(2-3-5)4(6)7;1-2(4)3(5)6;2*1-2-3(4)5;1-5-2(3)4/h2-3H2,1H3,(H3,6,7);2H,4H2,1H3,(H3,5,6);2*2H2,1H3,(H3,4,5);1H3,(H3,3,4)/t;2-;;;/m.1.../s1. The van der Waals surface area contributed by atoms with Crippen molar-refractivity contribution in [2.75, 3.05) is 7.11 Å². The van der Waals surface area contributed by atoms with Crippen molar-refractivity contribution >= 4 is 29.4 Å². The predicted molar refractivity (Wildman–Crippen MR) is 118 cm³/mol. The molecule has 12 heteroatoms. The Morgan fingerprint density at radius 1 is 0.893 bits per heavy atom. The molecule has 12 nitrogen and oxygen atoms in total. The maximum Gasteiger partial charge on any atom is 0.278 e. The van der Waals surface area contributed by atoms with Crippen molar-refractivity contribution in [1.29, 1.82) is 27.0 Å². The van der Waals surface area contributed by atoms with Gasteiger partial charge in [-0.05, 0) is 19.8 Å². The number of nitrogens with two attached hydrogens (primary N) is 6. The Bertz CT molecular complexity index is 452. The summed E-state index contributed by atoms with van der Waals surface area (Å²) in [7, 11) is 1.35. The summed E-state index contributed by atoms with van der Waals surface area (Å²) in [5, 5.41) is 32.9. The minimum atomic E-state index is -0.287. The average Bonchev–Trinajstić information content (AvgIpc) is 3.36. The van der Waals surface area contributed by atoms with Crippen molar-refractivity contribution in [3.63, 3.8) is 0 Å². The summed E-state index contributed by atoms with van der Waals surface area (Å²) < 4.78 is 4.11. The third-order valence-corrected chi connectivity index (χ3v) is 3.12. The van der Waals surface area contributed by atoms with E-state index in [4.69, 9.17) is 55.7 Å². The fourth-order valence-electron chi connectivity index (χ4n) is 0.457. The molecule has 0 amide bonds. The van der Waals surface area contributed by atoms with Gasteiger partial charge in [-0.15, -0.1) is 0 Å². The highest BCUT2D eigenvalue weighted by atomic mass is 16.5. The average molecular weight is 404 g/mol. The first-order chi connectivity index (χ1) is 12.6. The molecule has 1 fully saturated rings. The first kappa shape index (κ1) is 32.8. The quantitative estimate of drug-likeness (QED) is 0.228. The zero-order chi connectivity index (χ0) is 23.5. The van der Waals surface area contributed by atoms with Crippen LogP contribution in [0.15, 0.2) is 0 Å². The number of rotatable bonds is 4. The molecular weight excluding hydrogens is 362 g/mol. The Balaban J connectivity index is -0.000000130. The van der Waals surface area contributed by atoms with Crippen LogP contribution in [0.25, 0.3) is 0 Å². The van der Waals surface area contributed by atoms with Gasteiger partial charge in [0.1, 0.15) is 5.84 Å². The molecule has 1 atom stereocenters. The molecule has 0 unspecified atom stereocenters. The van der Waals surface area contributed by atoms with E-state index >= 15 is 0 Å². The monoisotopic (exact) mass is 403 g/mol. The van der Waals surface area contributed by atoms with E-state index in [0.29, 0.717) is 18.7 Å². The van der Waals surface area contributed by atoms with Gasteiger partial charge in [0.05, 0.1) is 30.7 Å². The van der Waals surface area contributed by atoms with Gasteiger partial charge < -0.3 is 39.1 Å². The fourth-order valence-corrected chi connectivity index (χ4v) is 0.457. The molecule has 166 valence electrons. The first-order valence-corrected chi connectivity index (χ1v) is 8.58. The third kappa shape index (κ3) is 34.4. The lowest BCUT2D eigenvalue weighted by molar-refractivity contribution is 0.393. The van der Waals surface area contributed by atoms with Crippen molar-refractivity contribution in [2.45, 2.75) is 59.4 Å². The van der Waals surface area contributed by atoms with Crippen LogP contribution in [-0.2, 0) is 4.74 Å². The third-order valence-electron chi connectivity index (χ3n) is 3.12. The van der Waals surface area contributed by atoms with E-state index < -0.39 is 0 Å². The number of amidine groups is 5. The topological polar surface area (TPSA) is 285 Å². The number of ether oxygens (including phenoxy) is 1. The van der Waals surface area contributed by atoms with Crippen LogP contribution in [0.2, 0.25) is 0 Å². The molecule has 0 heterocycles. The Morgan fingerprint density at radius 2 is 1.11 bits per heavy atom. The zero-order valence-corrected chi connectivity index (χ0v) is 17.8. The fraction of sp³-hybridized carbons (Fsp3) is 0.688. The second kappa shape index (κ2) is 18.9. The molecule has 1 aliphatic rings. The zero-order valence-electron chi connectivity index (χ0n) is 17.8. The number of nitrogens with one attached hydrogen (secondary N) is 5. The van der Waals surface area contributed by atoms with Crippen molar-refractivity contribution in [1.82, 2.24) is 0 Å². The summed E-state index contributed by atoms with van der Waals surface area (Å²) in [6, 6.07) is -0.532. The van der Waals surface area contributed by atoms with Crippen LogP contribution in [0, 0.1) is 32.5 Å². The van der Waals surface area contributed by atoms with Crippen LogP contribution in [0.5, 0.6) is 0 Å². The van der Waals surface area contributed by atoms with Crippen molar-refractivity contribution in [3.8, 4) is 0 Å². The normalized spacial score (nSPS) is 12.8. The largest absolute Gasteiger partial charge is 0.469 e. The Kier molecular flexibility index (Phi) is 22.1. The van der Waals surface area contributed by atoms with E-state index in [1.54, 1.807) is 6.92 Å². The molecule has 17 N–H and O–H groups in total. The van der Waals surface area contributed by atoms with E-state index in [9.17, 15) is 0 Å². The van der Waals surface area contributed by atoms with Gasteiger partial charge >= 0.3 is 0 Å². The van der Waals surface area contributed by atoms with E-state index in [0.717, 1.165) is 12.8 Å². The van der Waals surface area contributed by atoms with Gasteiger partial charge in [-0.1, -0.05) is 20.8 Å². The Hall–Kier alpha value is -2.89. The SMILES string of the molecule is CC1(C(=N)N)CC1.CCC(=N)N.CCC(=N)N.COC(=N)N.C[C@@H](N)C(=N)N. The lowest BCUT2D eigenvalue weighted by atomic mass is 10.1. The lowest BCUT2D eigenvalue weighted by Crippen LogP contribution is -2.32. The molecule has 1 saturated carbocycles. The molecule has 0 saturated heterocycles. The van der Waals surface area contributed by atoms with Crippen LogP contribution in [-0.4, -0.2) is 42.5 Å². The van der Waals surface area contributed by atoms with Crippen LogP contribution in [0.1, 0.15) is 53.4 Å². The second-order valence-electron chi connectivity index (χ2n) is 6.04. The lowest BCUT2D eigenvalue weighted by Gasteiger charge is -2.00. The summed E-state index contributed by atoms with van der Waals surface area (Å²) in [4.78, 5) is 0. The summed E-state index contributed by atoms with van der Waals surface area (Å²) in [6.45, 7) is 7.39. The minimum absolute atomic E-state index is 0.0370. The summed E-state index contributed by atoms with van der Waals surface area (Å²) >= 11 is 0. The van der Waals surface area contributed by atoms with Crippen molar-refractivity contribution in [2.24, 2.45) is 39.8 Å². The van der Waals surface area contributed by atoms with Gasteiger partial charge in [0.15, 0.2) is 0 Å². The smallest absolute Gasteiger partial charge is 0.278 e. The minimum Gasteiger partial charge on any atom is -0.469 e. The van der Waals surface area contributed by atoms with E-state index in [1.807, 2.05) is 20.8 Å². The van der Waals surface area contributed by atoms with E-state index in [-0.39, 0.29) is 35.0 Å². The van der Waals surface area contributed by atoms with Gasteiger partial charge in [0, 0.05) is 18.3 Å². The molecule has 0 radical (unpaired) electrons. The van der Waals surface area contributed by atoms with Crippen molar-refractivity contribution in [3.05, 3.63) is 0 Å². The molecule has 0 aromatic carbocycles. The van der Waals surface area contributed by atoms with Crippen LogP contribution in [0.4, 0.5) is 0 Å². The molecule has 1 aliphatic carbocycles. The molecule has 1 rings (SSSR count).